The summed E-state index contributed by atoms with van der Waals surface area (Å²) in [5.74, 6) is 2.13. The van der Waals surface area contributed by atoms with E-state index in [4.69, 9.17) is 0 Å². The van der Waals surface area contributed by atoms with Crippen molar-refractivity contribution >= 4 is 0 Å². The third-order valence-electron chi connectivity index (χ3n) is 5.64. The highest BCUT2D eigenvalue weighted by molar-refractivity contribution is 5.78. The summed E-state index contributed by atoms with van der Waals surface area (Å²) in [6, 6.07) is 8.90. The zero-order chi connectivity index (χ0) is 19.8. The van der Waals surface area contributed by atoms with Crippen LogP contribution in [0.25, 0.3) is 11.1 Å². The molecule has 142 valence electrons. The smallest absolute Gasteiger partial charge is 0.0111 e. The summed E-state index contributed by atoms with van der Waals surface area (Å²) in [6.07, 6.45) is 0. The quantitative estimate of drug-likeness (QED) is 0.507. The molecule has 0 aliphatic heterocycles. The molecule has 0 amide bonds. The molecule has 0 spiro atoms. The highest BCUT2D eigenvalue weighted by Gasteiger charge is 2.28. The van der Waals surface area contributed by atoms with Gasteiger partial charge in [-0.15, -0.1) is 0 Å². The Morgan fingerprint density at radius 1 is 0.538 bits per heavy atom. The lowest BCUT2D eigenvalue weighted by Crippen LogP contribution is -2.14. The molecule has 0 unspecified atom stereocenters. The minimum atomic E-state index is 0.513. The predicted octanol–water partition coefficient (Wildman–Crippen LogP) is 8.46. The van der Waals surface area contributed by atoms with Crippen LogP contribution in [-0.4, -0.2) is 0 Å². The van der Waals surface area contributed by atoms with Crippen LogP contribution in [0.5, 0.6) is 0 Å². The van der Waals surface area contributed by atoms with Gasteiger partial charge in [0, 0.05) is 0 Å². The van der Waals surface area contributed by atoms with Gasteiger partial charge < -0.3 is 0 Å². The second kappa shape index (κ2) is 7.99. The van der Waals surface area contributed by atoms with Crippen molar-refractivity contribution in [1.82, 2.24) is 0 Å². The topological polar surface area (TPSA) is 0 Å². The lowest BCUT2D eigenvalue weighted by Gasteiger charge is -2.32. The molecule has 0 radical (unpaired) electrons. The largest absolute Gasteiger partial charge is 0.0620 e. The molecule has 0 nitrogen and oxygen atoms in total. The number of hydrogen-bond acceptors (Lipinski definition) is 0. The van der Waals surface area contributed by atoms with E-state index in [0.717, 1.165) is 0 Å². The van der Waals surface area contributed by atoms with E-state index >= 15 is 0 Å². The molecule has 2 aromatic carbocycles. The van der Waals surface area contributed by atoms with Crippen LogP contribution >= 0.6 is 0 Å². The van der Waals surface area contributed by atoms with Gasteiger partial charge in [0.1, 0.15) is 0 Å². The number of hydrogen-bond donors (Lipinski definition) is 0. The van der Waals surface area contributed by atoms with Gasteiger partial charge in [-0.25, -0.2) is 0 Å². The van der Waals surface area contributed by atoms with Crippen molar-refractivity contribution in [1.29, 1.82) is 0 Å². The Balaban J connectivity index is 3.12. The third-order valence-corrected chi connectivity index (χ3v) is 5.64. The minimum Gasteiger partial charge on any atom is -0.0620 e. The third kappa shape index (κ3) is 3.61. The SMILES string of the molecule is Cc1ccccc1-c1c(C)c(C(C)C)c(C(C)C)c(C(C)C)c1C(C)C. The molecule has 0 bridgehead atoms. The van der Waals surface area contributed by atoms with Gasteiger partial charge in [-0.05, 0) is 82.0 Å². The van der Waals surface area contributed by atoms with E-state index in [1.807, 2.05) is 0 Å². The second-order valence-corrected chi connectivity index (χ2v) is 9.09. The highest BCUT2D eigenvalue weighted by atomic mass is 14.3. The predicted molar refractivity (Wildman–Crippen MR) is 118 cm³/mol. The monoisotopic (exact) mass is 350 g/mol. The van der Waals surface area contributed by atoms with Crippen LogP contribution in [0.4, 0.5) is 0 Å². The summed E-state index contributed by atoms with van der Waals surface area (Å²) in [4.78, 5) is 0. The van der Waals surface area contributed by atoms with Crippen molar-refractivity contribution in [2.24, 2.45) is 0 Å². The van der Waals surface area contributed by atoms with Crippen molar-refractivity contribution in [3.8, 4) is 11.1 Å². The van der Waals surface area contributed by atoms with Gasteiger partial charge in [-0.1, -0.05) is 79.7 Å². The van der Waals surface area contributed by atoms with Crippen LogP contribution in [0.3, 0.4) is 0 Å². The van der Waals surface area contributed by atoms with E-state index in [1.165, 1.54) is 22.3 Å². The van der Waals surface area contributed by atoms with Crippen LogP contribution < -0.4 is 0 Å². The Morgan fingerprint density at radius 2 is 0.962 bits per heavy atom. The van der Waals surface area contributed by atoms with Crippen molar-refractivity contribution in [2.45, 2.75) is 92.9 Å². The molecule has 0 N–H and O–H groups in total. The normalized spacial score (nSPS) is 12.1. The first-order valence-corrected chi connectivity index (χ1v) is 10.4. The molecule has 2 aromatic rings. The van der Waals surface area contributed by atoms with Gasteiger partial charge in [0.05, 0.1) is 0 Å². The highest BCUT2D eigenvalue weighted by Crippen LogP contribution is 2.46. The maximum atomic E-state index is 2.37. The molecule has 0 saturated heterocycles. The Bertz CT molecular complexity index is 773. The molecule has 26 heavy (non-hydrogen) atoms. The number of benzene rings is 2. The van der Waals surface area contributed by atoms with E-state index in [-0.39, 0.29) is 0 Å². The minimum absolute atomic E-state index is 0.513. The lowest BCUT2D eigenvalue weighted by molar-refractivity contribution is 0.718. The molecule has 0 heterocycles. The molecular formula is C26H38. The maximum Gasteiger partial charge on any atom is -0.0111 e. The Kier molecular flexibility index (Phi) is 6.37. The molecule has 2 rings (SSSR count). The van der Waals surface area contributed by atoms with E-state index < -0.39 is 0 Å². The fourth-order valence-corrected chi connectivity index (χ4v) is 4.75. The first-order chi connectivity index (χ1) is 12.1. The molecule has 0 atom stereocenters. The first-order valence-electron chi connectivity index (χ1n) is 10.4. The standard InChI is InChI=1S/C26H38/c1-15(2)22-20(10)26(21-14-12-11-13-19(21)9)25(18(7)8)24(17(5)6)23(22)16(3)4/h11-18H,1-10H3. The molecule has 0 aliphatic rings. The van der Waals surface area contributed by atoms with E-state index in [9.17, 15) is 0 Å². The molecule has 0 heteroatoms. The zero-order valence-electron chi connectivity index (χ0n) is 18.6. The molecule has 0 fully saturated rings. The summed E-state index contributed by atoms with van der Waals surface area (Å²) < 4.78 is 0. The molecule has 0 saturated carbocycles. The van der Waals surface area contributed by atoms with Gasteiger partial charge in [0.25, 0.3) is 0 Å². The lowest BCUT2D eigenvalue weighted by atomic mass is 9.72. The van der Waals surface area contributed by atoms with Gasteiger partial charge in [0.15, 0.2) is 0 Å². The summed E-state index contributed by atoms with van der Waals surface area (Å²) >= 11 is 0. The van der Waals surface area contributed by atoms with Crippen LogP contribution in [0, 0.1) is 13.8 Å². The second-order valence-electron chi connectivity index (χ2n) is 9.09. The van der Waals surface area contributed by atoms with Crippen molar-refractivity contribution in [3.63, 3.8) is 0 Å². The molecule has 0 aliphatic carbocycles. The van der Waals surface area contributed by atoms with Gasteiger partial charge in [-0.2, -0.15) is 0 Å². The maximum absolute atomic E-state index is 2.37. The van der Waals surface area contributed by atoms with E-state index in [1.54, 1.807) is 22.3 Å². The van der Waals surface area contributed by atoms with Gasteiger partial charge in [-0.3, -0.25) is 0 Å². The fourth-order valence-electron chi connectivity index (χ4n) is 4.75. The summed E-state index contributed by atoms with van der Waals surface area (Å²) in [7, 11) is 0. The Hall–Kier alpha value is -1.56. The summed E-state index contributed by atoms with van der Waals surface area (Å²) in [6.45, 7) is 23.5. The van der Waals surface area contributed by atoms with Crippen LogP contribution in [-0.2, 0) is 0 Å². The average Bonchev–Trinajstić information content (AvgIpc) is 2.53. The summed E-state index contributed by atoms with van der Waals surface area (Å²) in [5, 5.41) is 0. The Labute approximate surface area is 162 Å². The first kappa shape index (κ1) is 20.7. The van der Waals surface area contributed by atoms with Crippen molar-refractivity contribution < 1.29 is 0 Å². The summed E-state index contributed by atoms with van der Waals surface area (Å²) in [5.41, 5.74) is 12.1. The molecule has 0 aromatic heterocycles. The van der Waals surface area contributed by atoms with E-state index in [2.05, 4.69) is 93.5 Å². The van der Waals surface area contributed by atoms with Crippen LogP contribution in [0.2, 0.25) is 0 Å². The Morgan fingerprint density at radius 3 is 1.38 bits per heavy atom. The van der Waals surface area contributed by atoms with Crippen molar-refractivity contribution in [2.75, 3.05) is 0 Å². The van der Waals surface area contributed by atoms with Gasteiger partial charge >= 0.3 is 0 Å². The van der Waals surface area contributed by atoms with Crippen LogP contribution in [0.15, 0.2) is 24.3 Å². The van der Waals surface area contributed by atoms with Crippen molar-refractivity contribution in [3.05, 3.63) is 57.6 Å². The average molecular weight is 351 g/mol. The molecular weight excluding hydrogens is 312 g/mol. The van der Waals surface area contributed by atoms with Crippen LogP contribution in [0.1, 0.15) is 112 Å². The number of aryl methyl sites for hydroxylation is 1. The fraction of sp³-hybridized carbons (Fsp3) is 0.538. The van der Waals surface area contributed by atoms with E-state index in [0.29, 0.717) is 23.7 Å². The number of rotatable bonds is 5. The van der Waals surface area contributed by atoms with Gasteiger partial charge in [0.2, 0.25) is 0 Å². The zero-order valence-corrected chi connectivity index (χ0v) is 18.6.